The number of carbonyl (C=O) groups is 4. The Labute approximate surface area is 224 Å². The molecule has 212 valence electrons. The monoisotopic (exact) mass is 549 g/mol. The van der Waals surface area contributed by atoms with E-state index in [2.05, 4.69) is 10.1 Å². The molecule has 3 N–H and O–H groups in total. The smallest absolute Gasteiger partial charge is 0.411 e. The first kappa shape index (κ1) is 30.9. The molecule has 0 aromatic heterocycles. The van der Waals surface area contributed by atoms with Gasteiger partial charge in [0.1, 0.15) is 31.3 Å². The molecule has 13 nitrogen and oxygen atoms in total. The van der Waals surface area contributed by atoms with Crippen LogP contribution in [0.3, 0.4) is 0 Å². The Bertz CT molecular complexity index is 1070. The third-order valence-corrected chi connectivity index (χ3v) is 4.78. The van der Waals surface area contributed by atoms with Gasteiger partial charge in [-0.2, -0.15) is 0 Å². The van der Waals surface area contributed by atoms with Crippen LogP contribution in [0.15, 0.2) is 48.5 Å². The normalized spacial score (nSPS) is 11.9. The highest BCUT2D eigenvalue weighted by molar-refractivity contribution is 5.84. The maximum absolute atomic E-state index is 12.2. The first-order chi connectivity index (χ1) is 18.7. The molecule has 0 fully saturated rings. The molecule has 13 heteroatoms. The van der Waals surface area contributed by atoms with Gasteiger partial charge in [0.15, 0.2) is 19.0 Å². The van der Waals surface area contributed by atoms with Gasteiger partial charge in [-0.1, -0.05) is 12.1 Å². The molecule has 2 unspecified atom stereocenters. The predicted octanol–water partition coefficient (Wildman–Crippen LogP) is 1.58. The molecule has 0 spiro atoms. The van der Waals surface area contributed by atoms with E-state index >= 15 is 0 Å². The van der Waals surface area contributed by atoms with Crippen LogP contribution in [0.2, 0.25) is 0 Å². The topological polar surface area (TPSA) is 176 Å². The van der Waals surface area contributed by atoms with Crippen LogP contribution in [0.5, 0.6) is 11.5 Å². The molecule has 0 aliphatic rings. The second-order valence-electron chi connectivity index (χ2n) is 7.83. The highest BCUT2D eigenvalue weighted by atomic mass is 16.6. The molecule has 2 rings (SSSR count). The average Bonchev–Trinajstić information content (AvgIpc) is 2.91. The second kappa shape index (κ2) is 16.5. The molecular formula is C26H31NO12. The minimum absolute atomic E-state index is 0.0185. The minimum Gasteiger partial charge on any atom is -0.479 e. The van der Waals surface area contributed by atoms with Crippen LogP contribution in [-0.4, -0.2) is 79.6 Å². The summed E-state index contributed by atoms with van der Waals surface area (Å²) in [6.45, 7) is 1.51. The minimum atomic E-state index is -0.954. The van der Waals surface area contributed by atoms with Crippen molar-refractivity contribution in [3.8, 4) is 11.5 Å². The fourth-order valence-corrected chi connectivity index (χ4v) is 2.91. The number of carbonyl (C=O) groups excluding carboxylic acids is 4. The number of rotatable bonds is 15. The quantitative estimate of drug-likeness (QED) is 0.127. The van der Waals surface area contributed by atoms with Gasteiger partial charge in [-0.15, -0.1) is 0 Å². The number of amides is 1. The average molecular weight is 550 g/mol. The number of hydrogen-bond acceptors (Lipinski definition) is 12. The van der Waals surface area contributed by atoms with Gasteiger partial charge >= 0.3 is 24.0 Å². The Hall–Kier alpha value is -4.36. The Morgan fingerprint density at radius 2 is 1.23 bits per heavy atom. The molecule has 39 heavy (non-hydrogen) atoms. The van der Waals surface area contributed by atoms with Crippen molar-refractivity contribution in [2.24, 2.45) is 0 Å². The van der Waals surface area contributed by atoms with Gasteiger partial charge in [0.2, 0.25) is 0 Å². The second-order valence-corrected chi connectivity index (χ2v) is 7.83. The van der Waals surface area contributed by atoms with E-state index in [1.807, 2.05) is 0 Å². The van der Waals surface area contributed by atoms with Gasteiger partial charge in [-0.05, 0) is 55.8 Å². The summed E-state index contributed by atoms with van der Waals surface area (Å²) >= 11 is 0. The molecular weight excluding hydrogens is 518 g/mol. The van der Waals surface area contributed by atoms with Crippen LogP contribution < -0.4 is 14.8 Å². The summed E-state index contributed by atoms with van der Waals surface area (Å²) in [5.74, 6) is -1.19. The number of benzene rings is 2. The first-order valence-corrected chi connectivity index (χ1v) is 11.9. The van der Waals surface area contributed by atoms with E-state index < -0.39 is 43.0 Å². The molecule has 0 bridgehead atoms. The Morgan fingerprint density at radius 1 is 0.718 bits per heavy atom. The molecule has 0 aliphatic carbocycles. The van der Waals surface area contributed by atoms with Crippen LogP contribution in [-0.2, 0) is 39.8 Å². The molecule has 0 radical (unpaired) electrons. The summed E-state index contributed by atoms with van der Waals surface area (Å²) in [4.78, 5) is 47.2. The van der Waals surface area contributed by atoms with E-state index in [9.17, 15) is 19.2 Å². The van der Waals surface area contributed by atoms with Gasteiger partial charge in [-0.25, -0.2) is 14.4 Å². The van der Waals surface area contributed by atoms with Gasteiger partial charge in [0, 0.05) is 5.69 Å². The third-order valence-electron chi connectivity index (χ3n) is 4.78. The lowest BCUT2D eigenvalue weighted by molar-refractivity contribution is -0.159. The molecule has 2 atom stereocenters. The highest BCUT2D eigenvalue weighted by Gasteiger charge is 2.19. The number of aliphatic hydroxyl groups is 2. The summed E-state index contributed by atoms with van der Waals surface area (Å²) in [6, 6.07) is 12.5. The first-order valence-electron chi connectivity index (χ1n) is 11.9. The number of anilines is 1. The van der Waals surface area contributed by atoms with E-state index in [1.54, 1.807) is 36.4 Å². The van der Waals surface area contributed by atoms with Crippen LogP contribution in [0, 0.1) is 0 Å². The molecule has 2 aromatic rings. The summed E-state index contributed by atoms with van der Waals surface area (Å²) in [5.41, 5.74) is 1.07. The SMILES string of the molecule is CC(Oc1ccc(CC(=O)OCO)cc1)C(=O)OCCOC(=O)C(C)Oc1ccc(NC(=O)OCCO)cc1. The summed E-state index contributed by atoms with van der Waals surface area (Å²) < 4.78 is 30.3. The van der Waals surface area contributed by atoms with Crippen molar-refractivity contribution in [3.63, 3.8) is 0 Å². The summed E-state index contributed by atoms with van der Waals surface area (Å²) in [5, 5.41) is 19.7. The lowest BCUT2D eigenvalue weighted by atomic mass is 10.1. The van der Waals surface area contributed by atoms with E-state index in [4.69, 9.17) is 33.9 Å². The van der Waals surface area contributed by atoms with E-state index in [1.165, 1.54) is 26.0 Å². The summed E-state index contributed by atoms with van der Waals surface area (Å²) in [6.07, 6.45) is -2.63. The highest BCUT2D eigenvalue weighted by Crippen LogP contribution is 2.18. The van der Waals surface area contributed by atoms with Crippen LogP contribution in [0.25, 0.3) is 0 Å². The summed E-state index contributed by atoms with van der Waals surface area (Å²) in [7, 11) is 0. The van der Waals surface area contributed by atoms with Crippen molar-refractivity contribution in [1.82, 2.24) is 0 Å². The number of aliphatic hydroxyl groups excluding tert-OH is 2. The van der Waals surface area contributed by atoms with Gasteiger partial charge < -0.3 is 38.6 Å². The largest absolute Gasteiger partial charge is 0.479 e. The maximum atomic E-state index is 12.2. The lowest BCUT2D eigenvalue weighted by Crippen LogP contribution is -2.30. The molecule has 0 aliphatic heterocycles. The van der Waals surface area contributed by atoms with E-state index in [-0.39, 0.29) is 32.8 Å². The van der Waals surface area contributed by atoms with Gasteiger partial charge in [-0.3, -0.25) is 10.1 Å². The molecule has 0 saturated heterocycles. The van der Waals surface area contributed by atoms with Crippen LogP contribution >= 0.6 is 0 Å². The molecule has 0 saturated carbocycles. The van der Waals surface area contributed by atoms with Crippen molar-refractivity contribution in [1.29, 1.82) is 0 Å². The molecule has 1 amide bonds. The Balaban J connectivity index is 1.67. The van der Waals surface area contributed by atoms with Crippen LogP contribution in [0.4, 0.5) is 10.5 Å². The number of ether oxygens (including phenoxy) is 6. The standard InChI is InChI=1S/C26H31NO12/c1-17(38-21-7-3-19(4-8-21)15-23(30)37-16-29)24(31)34-13-14-35-25(32)18(2)39-22-9-5-20(6-10-22)27-26(33)36-12-11-28/h3-10,17-18,28-29H,11-16H2,1-2H3,(H,27,33). The fraction of sp³-hybridized carbons (Fsp3) is 0.385. The van der Waals surface area contributed by atoms with Gasteiger partial charge in [0.05, 0.1) is 13.0 Å². The van der Waals surface area contributed by atoms with Crippen molar-refractivity contribution in [2.75, 3.05) is 38.5 Å². The predicted molar refractivity (Wildman–Crippen MR) is 134 cm³/mol. The number of hydrogen-bond donors (Lipinski definition) is 3. The maximum Gasteiger partial charge on any atom is 0.411 e. The van der Waals surface area contributed by atoms with Crippen molar-refractivity contribution >= 4 is 29.7 Å². The van der Waals surface area contributed by atoms with E-state index in [0.29, 0.717) is 22.7 Å². The van der Waals surface area contributed by atoms with E-state index in [0.717, 1.165) is 0 Å². The Kier molecular flexibility index (Phi) is 13.0. The lowest BCUT2D eigenvalue weighted by Gasteiger charge is -2.16. The van der Waals surface area contributed by atoms with Crippen molar-refractivity contribution < 1.29 is 57.8 Å². The van der Waals surface area contributed by atoms with Gasteiger partial charge in [0.25, 0.3) is 0 Å². The number of esters is 3. The van der Waals surface area contributed by atoms with Crippen molar-refractivity contribution in [2.45, 2.75) is 32.5 Å². The fourth-order valence-electron chi connectivity index (χ4n) is 2.91. The molecule has 2 aromatic carbocycles. The number of nitrogens with one attached hydrogen (secondary N) is 1. The molecule has 0 heterocycles. The van der Waals surface area contributed by atoms with Crippen LogP contribution in [0.1, 0.15) is 19.4 Å². The zero-order valence-electron chi connectivity index (χ0n) is 21.5. The third kappa shape index (κ3) is 11.7. The van der Waals surface area contributed by atoms with Crippen molar-refractivity contribution in [3.05, 3.63) is 54.1 Å². The zero-order valence-corrected chi connectivity index (χ0v) is 21.5. The zero-order chi connectivity index (χ0) is 28.6. The Morgan fingerprint density at radius 3 is 1.72 bits per heavy atom.